The summed E-state index contributed by atoms with van der Waals surface area (Å²) < 4.78 is 5.49. The predicted octanol–water partition coefficient (Wildman–Crippen LogP) is 4.25. The largest absolute Gasteiger partial charge is 0.360 e. The molecule has 2 aromatic rings. The molecule has 0 saturated heterocycles. The fourth-order valence-corrected chi connectivity index (χ4v) is 2.06. The van der Waals surface area contributed by atoms with Gasteiger partial charge in [-0.1, -0.05) is 55.8 Å². The molecule has 0 spiro atoms. The van der Waals surface area contributed by atoms with E-state index in [1.807, 2.05) is 18.2 Å². The smallest absolute Gasteiger partial charge is 0.140 e. The number of rotatable bonds is 5. The van der Waals surface area contributed by atoms with Crippen molar-refractivity contribution in [1.82, 2.24) is 5.16 Å². The van der Waals surface area contributed by atoms with Crippen LogP contribution in [0.2, 0.25) is 0 Å². The van der Waals surface area contributed by atoms with Gasteiger partial charge >= 0.3 is 0 Å². The Kier molecular flexibility index (Phi) is 3.97. The first-order valence-corrected chi connectivity index (χ1v) is 6.39. The summed E-state index contributed by atoms with van der Waals surface area (Å²) in [5.74, 6) is 1.06. The van der Waals surface area contributed by atoms with E-state index in [1.165, 1.54) is 12.0 Å². The summed E-state index contributed by atoms with van der Waals surface area (Å²) in [7, 11) is 0. The Morgan fingerprint density at radius 1 is 1.12 bits per heavy atom. The highest BCUT2D eigenvalue weighted by molar-refractivity contribution is 5.63. The van der Waals surface area contributed by atoms with Crippen LogP contribution in [0.3, 0.4) is 0 Å². The zero-order valence-electron chi connectivity index (χ0n) is 10.6. The van der Waals surface area contributed by atoms with Crippen molar-refractivity contribution in [3.8, 4) is 11.3 Å². The van der Waals surface area contributed by atoms with Crippen molar-refractivity contribution in [2.45, 2.75) is 39.5 Å². The van der Waals surface area contributed by atoms with Crippen LogP contribution in [-0.4, -0.2) is 5.16 Å². The highest BCUT2D eigenvalue weighted by atomic mass is 16.5. The first-order valence-electron chi connectivity index (χ1n) is 6.39. The van der Waals surface area contributed by atoms with E-state index < -0.39 is 0 Å². The zero-order valence-corrected chi connectivity index (χ0v) is 10.6. The van der Waals surface area contributed by atoms with Gasteiger partial charge in [-0.25, -0.2) is 0 Å². The van der Waals surface area contributed by atoms with Gasteiger partial charge in [0, 0.05) is 17.5 Å². The predicted molar refractivity (Wildman–Crippen MR) is 69.9 cm³/mol. The normalized spacial score (nSPS) is 10.7. The fourth-order valence-electron chi connectivity index (χ4n) is 2.06. The summed E-state index contributed by atoms with van der Waals surface area (Å²) in [4.78, 5) is 0. The third-order valence-corrected chi connectivity index (χ3v) is 3.03. The minimum absolute atomic E-state index is 0.979. The Hall–Kier alpha value is -1.57. The third kappa shape index (κ3) is 2.57. The number of hydrogen-bond acceptors (Lipinski definition) is 2. The standard InChI is InChI=1S/C15H19NO/c1-3-5-11-14-13(4-2)15(16-17-14)12-9-7-6-8-10-12/h6-10H,3-5,11H2,1-2H3. The van der Waals surface area contributed by atoms with Crippen LogP contribution in [-0.2, 0) is 12.8 Å². The molecule has 1 aromatic carbocycles. The van der Waals surface area contributed by atoms with Gasteiger partial charge in [-0.2, -0.15) is 0 Å². The Morgan fingerprint density at radius 3 is 2.53 bits per heavy atom. The molecule has 0 aliphatic rings. The van der Waals surface area contributed by atoms with Crippen LogP contribution >= 0.6 is 0 Å². The van der Waals surface area contributed by atoms with Crippen LogP contribution in [0.25, 0.3) is 11.3 Å². The molecule has 2 nitrogen and oxygen atoms in total. The molecule has 0 bridgehead atoms. The summed E-state index contributed by atoms with van der Waals surface area (Å²) >= 11 is 0. The van der Waals surface area contributed by atoms with Gasteiger partial charge < -0.3 is 4.52 Å². The van der Waals surface area contributed by atoms with Gasteiger partial charge in [-0.3, -0.25) is 0 Å². The lowest BCUT2D eigenvalue weighted by Gasteiger charge is -2.00. The molecule has 1 aromatic heterocycles. The third-order valence-electron chi connectivity index (χ3n) is 3.03. The molecule has 90 valence electrons. The van der Waals surface area contributed by atoms with Gasteiger partial charge in [0.05, 0.1) is 0 Å². The lowest BCUT2D eigenvalue weighted by molar-refractivity contribution is 0.380. The van der Waals surface area contributed by atoms with Crippen LogP contribution in [0.15, 0.2) is 34.9 Å². The summed E-state index contributed by atoms with van der Waals surface area (Å²) in [6.45, 7) is 4.36. The molecule has 2 rings (SSSR count). The number of nitrogens with zero attached hydrogens (tertiary/aromatic N) is 1. The first-order chi connectivity index (χ1) is 8.36. The average molecular weight is 229 g/mol. The van der Waals surface area contributed by atoms with E-state index >= 15 is 0 Å². The van der Waals surface area contributed by atoms with Crippen LogP contribution in [0.1, 0.15) is 38.0 Å². The Balaban J connectivity index is 2.32. The number of aryl methyl sites for hydroxylation is 1. The van der Waals surface area contributed by atoms with Gasteiger partial charge in [-0.05, 0) is 12.8 Å². The van der Waals surface area contributed by atoms with E-state index in [1.54, 1.807) is 0 Å². The van der Waals surface area contributed by atoms with Gasteiger partial charge in [-0.15, -0.1) is 0 Å². The average Bonchev–Trinajstić information content (AvgIpc) is 2.80. The van der Waals surface area contributed by atoms with Crippen molar-refractivity contribution in [1.29, 1.82) is 0 Å². The summed E-state index contributed by atoms with van der Waals surface area (Å²) in [5.41, 5.74) is 3.43. The lowest BCUT2D eigenvalue weighted by Crippen LogP contribution is -1.90. The highest BCUT2D eigenvalue weighted by Crippen LogP contribution is 2.26. The second-order valence-electron chi connectivity index (χ2n) is 4.26. The molecule has 0 unspecified atom stereocenters. The van der Waals surface area contributed by atoms with Crippen molar-refractivity contribution in [3.05, 3.63) is 41.7 Å². The number of unbranched alkanes of at least 4 members (excludes halogenated alkanes) is 1. The van der Waals surface area contributed by atoms with Crippen molar-refractivity contribution in [2.24, 2.45) is 0 Å². The van der Waals surface area contributed by atoms with Crippen LogP contribution in [0.5, 0.6) is 0 Å². The molecule has 0 radical (unpaired) electrons. The molecule has 0 aliphatic carbocycles. The SMILES string of the molecule is CCCCc1onc(-c2ccccc2)c1CC. The Morgan fingerprint density at radius 2 is 1.88 bits per heavy atom. The molecule has 2 heteroatoms. The minimum atomic E-state index is 0.979. The molecule has 0 N–H and O–H groups in total. The summed E-state index contributed by atoms with van der Waals surface area (Å²) in [6.07, 6.45) is 4.33. The minimum Gasteiger partial charge on any atom is -0.360 e. The van der Waals surface area contributed by atoms with Gasteiger partial charge in [0.25, 0.3) is 0 Å². The molecule has 17 heavy (non-hydrogen) atoms. The number of benzene rings is 1. The molecule has 0 amide bonds. The maximum atomic E-state index is 5.49. The molecular formula is C15H19NO. The van der Waals surface area contributed by atoms with Crippen molar-refractivity contribution >= 4 is 0 Å². The second kappa shape index (κ2) is 5.67. The van der Waals surface area contributed by atoms with Crippen LogP contribution < -0.4 is 0 Å². The molecule has 0 saturated carbocycles. The van der Waals surface area contributed by atoms with Crippen LogP contribution in [0.4, 0.5) is 0 Å². The monoisotopic (exact) mass is 229 g/mol. The maximum absolute atomic E-state index is 5.49. The van der Waals surface area contributed by atoms with E-state index in [0.717, 1.165) is 36.3 Å². The van der Waals surface area contributed by atoms with E-state index in [4.69, 9.17) is 4.52 Å². The van der Waals surface area contributed by atoms with E-state index in [0.29, 0.717) is 0 Å². The fraction of sp³-hybridized carbons (Fsp3) is 0.400. The first kappa shape index (κ1) is 11.9. The van der Waals surface area contributed by atoms with Crippen molar-refractivity contribution < 1.29 is 4.52 Å². The van der Waals surface area contributed by atoms with Gasteiger partial charge in [0.15, 0.2) is 0 Å². The van der Waals surface area contributed by atoms with E-state index in [2.05, 4.69) is 31.1 Å². The van der Waals surface area contributed by atoms with Gasteiger partial charge in [0.1, 0.15) is 11.5 Å². The summed E-state index contributed by atoms with van der Waals surface area (Å²) in [5, 5.41) is 4.24. The number of hydrogen-bond donors (Lipinski definition) is 0. The van der Waals surface area contributed by atoms with Crippen LogP contribution in [0, 0.1) is 0 Å². The summed E-state index contributed by atoms with van der Waals surface area (Å²) in [6, 6.07) is 10.3. The molecule has 1 heterocycles. The molecule has 0 fully saturated rings. The molecule has 0 atom stereocenters. The topological polar surface area (TPSA) is 26.0 Å². The van der Waals surface area contributed by atoms with Gasteiger partial charge in [0.2, 0.25) is 0 Å². The number of aromatic nitrogens is 1. The molecule has 0 aliphatic heterocycles. The van der Waals surface area contributed by atoms with E-state index in [9.17, 15) is 0 Å². The maximum Gasteiger partial charge on any atom is 0.140 e. The highest BCUT2D eigenvalue weighted by Gasteiger charge is 2.14. The van der Waals surface area contributed by atoms with E-state index in [-0.39, 0.29) is 0 Å². The zero-order chi connectivity index (χ0) is 12.1. The second-order valence-corrected chi connectivity index (χ2v) is 4.26. The quantitative estimate of drug-likeness (QED) is 0.766. The van der Waals surface area contributed by atoms with Crippen molar-refractivity contribution in [3.63, 3.8) is 0 Å². The Labute approximate surface area is 103 Å². The molecular weight excluding hydrogens is 210 g/mol. The Bertz CT molecular complexity index is 459. The lowest BCUT2D eigenvalue weighted by atomic mass is 10.0. The van der Waals surface area contributed by atoms with Crippen molar-refractivity contribution in [2.75, 3.05) is 0 Å².